The summed E-state index contributed by atoms with van der Waals surface area (Å²) in [5, 5.41) is 0. The summed E-state index contributed by atoms with van der Waals surface area (Å²) < 4.78 is 5.68. The smallest absolute Gasteiger partial charge is 0.335 e. The van der Waals surface area contributed by atoms with Gasteiger partial charge in [-0.25, -0.2) is 4.79 Å². The Bertz CT molecular complexity index is 357. The number of esters is 1. The van der Waals surface area contributed by atoms with E-state index >= 15 is 0 Å². The van der Waals surface area contributed by atoms with Gasteiger partial charge < -0.3 is 4.74 Å². The second-order valence-corrected chi connectivity index (χ2v) is 4.78. The summed E-state index contributed by atoms with van der Waals surface area (Å²) >= 11 is 0. The molecule has 0 amide bonds. The Hall–Kier alpha value is -1.05. The van der Waals surface area contributed by atoms with E-state index in [2.05, 4.69) is 12.2 Å². The molecule has 0 bridgehead atoms. The van der Waals surface area contributed by atoms with Crippen LogP contribution in [0.15, 0.2) is 23.3 Å². The number of fused-ring (bicyclic) bond motifs is 1. The van der Waals surface area contributed by atoms with Crippen molar-refractivity contribution in [2.75, 3.05) is 0 Å². The van der Waals surface area contributed by atoms with Gasteiger partial charge in [-0.15, -0.1) is 0 Å². The van der Waals surface area contributed by atoms with E-state index < -0.39 is 0 Å². The molecule has 2 heteroatoms. The van der Waals surface area contributed by atoms with Gasteiger partial charge in [0.05, 0.1) is 0 Å². The monoisotopic (exact) mass is 204 g/mol. The molecule has 80 valence electrons. The molecule has 3 aliphatic rings. The largest absolute Gasteiger partial charge is 0.451 e. The average Bonchev–Trinajstić information content (AvgIpc) is 2.55. The van der Waals surface area contributed by atoms with Gasteiger partial charge in [0.2, 0.25) is 0 Å². The van der Waals surface area contributed by atoms with Gasteiger partial charge >= 0.3 is 5.97 Å². The van der Waals surface area contributed by atoms with Crippen LogP contribution in [0.5, 0.6) is 0 Å². The third kappa shape index (κ3) is 1.27. The van der Waals surface area contributed by atoms with Crippen LogP contribution < -0.4 is 0 Å². The summed E-state index contributed by atoms with van der Waals surface area (Å²) in [6, 6.07) is 0. The topological polar surface area (TPSA) is 26.3 Å². The fraction of sp³-hybridized carbons (Fsp3) is 0.615. The Morgan fingerprint density at radius 3 is 2.60 bits per heavy atom. The third-order valence-corrected chi connectivity index (χ3v) is 3.92. The SMILES string of the molecule is O=C1OC2(CCCCC2)C2=C1CC=CC2. The van der Waals surface area contributed by atoms with Crippen molar-refractivity contribution in [3.63, 3.8) is 0 Å². The average molecular weight is 204 g/mol. The van der Waals surface area contributed by atoms with Crippen molar-refractivity contribution in [2.45, 2.75) is 50.5 Å². The van der Waals surface area contributed by atoms with E-state index in [0.717, 1.165) is 31.3 Å². The van der Waals surface area contributed by atoms with Crippen LogP contribution >= 0.6 is 0 Å². The van der Waals surface area contributed by atoms with Gasteiger partial charge in [-0.05, 0) is 44.1 Å². The molecule has 2 nitrogen and oxygen atoms in total. The molecule has 1 spiro atoms. The first-order chi connectivity index (χ1) is 7.32. The molecule has 0 radical (unpaired) electrons. The van der Waals surface area contributed by atoms with Crippen LogP contribution in [0, 0.1) is 0 Å². The molecule has 1 heterocycles. The molecular formula is C13H16O2. The van der Waals surface area contributed by atoms with E-state index in [-0.39, 0.29) is 11.6 Å². The molecule has 0 unspecified atom stereocenters. The number of rotatable bonds is 0. The summed E-state index contributed by atoms with van der Waals surface area (Å²) in [7, 11) is 0. The van der Waals surface area contributed by atoms with Crippen molar-refractivity contribution < 1.29 is 9.53 Å². The van der Waals surface area contributed by atoms with Crippen LogP contribution in [0.1, 0.15) is 44.9 Å². The minimum absolute atomic E-state index is 0.0451. The molecule has 2 aliphatic carbocycles. The zero-order valence-electron chi connectivity index (χ0n) is 8.92. The molecule has 0 saturated heterocycles. The highest BCUT2D eigenvalue weighted by molar-refractivity contribution is 5.93. The summed E-state index contributed by atoms with van der Waals surface area (Å²) in [4.78, 5) is 11.8. The van der Waals surface area contributed by atoms with Crippen LogP contribution in [0.3, 0.4) is 0 Å². The highest BCUT2D eigenvalue weighted by atomic mass is 16.6. The number of hydrogen-bond donors (Lipinski definition) is 0. The molecule has 0 aromatic heterocycles. The Kier molecular flexibility index (Phi) is 1.98. The second-order valence-electron chi connectivity index (χ2n) is 4.78. The Morgan fingerprint density at radius 2 is 1.80 bits per heavy atom. The van der Waals surface area contributed by atoms with Crippen molar-refractivity contribution in [1.29, 1.82) is 0 Å². The van der Waals surface area contributed by atoms with Crippen LogP contribution in [-0.2, 0) is 9.53 Å². The van der Waals surface area contributed by atoms with Gasteiger partial charge in [0.1, 0.15) is 5.60 Å². The van der Waals surface area contributed by atoms with Crippen molar-refractivity contribution >= 4 is 5.97 Å². The summed E-state index contributed by atoms with van der Waals surface area (Å²) in [5.74, 6) is -0.0451. The molecule has 15 heavy (non-hydrogen) atoms. The minimum Gasteiger partial charge on any atom is -0.451 e. The Balaban J connectivity index is 1.98. The fourth-order valence-electron chi connectivity index (χ4n) is 3.14. The van der Waals surface area contributed by atoms with Gasteiger partial charge in [-0.2, -0.15) is 0 Å². The number of allylic oxidation sites excluding steroid dienone is 2. The van der Waals surface area contributed by atoms with Gasteiger partial charge in [0.15, 0.2) is 0 Å². The molecule has 3 rings (SSSR count). The van der Waals surface area contributed by atoms with Crippen molar-refractivity contribution in [3.8, 4) is 0 Å². The lowest BCUT2D eigenvalue weighted by Crippen LogP contribution is -2.34. The van der Waals surface area contributed by atoms with Gasteiger partial charge in [0.25, 0.3) is 0 Å². The number of hydrogen-bond acceptors (Lipinski definition) is 2. The number of carbonyl (C=O) groups is 1. The highest BCUT2D eigenvalue weighted by Gasteiger charge is 2.47. The summed E-state index contributed by atoms with van der Waals surface area (Å²) in [6.07, 6.45) is 11.8. The van der Waals surface area contributed by atoms with Gasteiger partial charge in [-0.1, -0.05) is 18.6 Å². The Morgan fingerprint density at radius 1 is 1.07 bits per heavy atom. The van der Waals surface area contributed by atoms with Gasteiger partial charge in [0, 0.05) is 5.57 Å². The summed E-state index contributed by atoms with van der Waals surface area (Å²) in [5.41, 5.74) is 2.07. The lowest BCUT2D eigenvalue weighted by atomic mass is 9.76. The molecule has 0 aromatic rings. The standard InChI is InChI=1S/C13H16O2/c14-12-10-6-2-3-7-11(10)13(15-12)8-4-1-5-9-13/h2-3H,1,4-9H2. The second kappa shape index (κ2) is 3.22. The zero-order chi connectivity index (χ0) is 10.3. The summed E-state index contributed by atoms with van der Waals surface area (Å²) in [6.45, 7) is 0. The van der Waals surface area contributed by atoms with Gasteiger partial charge in [-0.3, -0.25) is 0 Å². The first-order valence-corrected chi connectivity index (χ1v) is 5.93. The van der Waals surface area contributed by atoms with E-state index in [9.17, 15) is 4.79 Å². The lowest BCUT2D eigenvalue weighted by molar-refractivity contribution is -0.149. The van der Waals surface area contributed by atoms with Crippen LogP contribution in [-0.4, -0.2) is 11.6 Å². The third-order valence-electron chi connectivity index (χ3n) is 3.92. The molecule has 1 saturated carbocycles. The predicted molar refractivity (Wildman–Crippen MR) is 57.3 cm³/mol. The first kappa shape index (κ1) is 9.20. The molecule has 0 atom stereocenters. The molecule has 1 fully saturated rings. The maximum Gasteiger partial charge on any atom is 0.335 e. The van der Waals surface area contributed by atoms with E-state index in [4.69, 9.17) is 4.74 Å². The first-order valence-electron chi connectivity index (χ1n) is 5.93. The van der Waals surface area contributed by atoms with E-state index in [0.29, 0.717) is 0 Å². The van der Waals surface area contributed by atoms with E-state index in [1.807, 2.05) is 0 Å². The lowest BCUT2D eigenvalue weighted by Gasteiger charge is -2.34. The molecular weight excluding hydrogens is 188 g/mol. The van der Waals surface area contributed by atoms with E-state index in [1.54, 1.807) is 0 Å². The maximum atomic E-state index is 11.8. The Labute approximate surface area is 90.0 Å². The van der Waals surface area contributed by atoms with Crippen LogP contribution in [0.25, 0.3) is 0 Å². The van der Waals surface area contributed by atoms with Crippen molar-refractivity contribution in [1.82, 2.24) is 0 Å². The molecule has 1 aliphatic heterocycles. The van der Waals surface area contributed by atoms with Crippen LogP contribution in [0.2, 0.25) is 0 Å². The van der Waals surface area contributed by atoms with Crippen molar-refractivity contribution in [3.05, 3.63) is 23.3 Å². The normalized spacial score (nSPS) is 28.1. The fourth-order valence-corrected chi connectivity index (χ4v) is 3.14. The van der Waals surface area contributed by atoms with E-state index in [1.165, 1.54) is 24.8 Å². The zero-order valence-corrected chi connectivity index (χ0v) is 8.92. The molecule has 0 N–H and O–H groups in total. The van der Waals surface area contributed by atoms with Crippen molar-refractivity contribution in [2.24, 2.45) is 0 Å². The quantitative estimate of drug-likeness (QED) is 0.448. The molecule has 0 aromatic carbocycles. The predicted octanol–water partition coefficient (Wildman–Crippen LogP) is 2.89. The number of ether oxygens (including phenoxy) is 1. The highest BCUT2D eigenvalue weighted by Crippen LogP contribution is 2.47. The maximum absolute atomic E-state index is 11.8. The van der Waals surface area contributed by atoms with Crippen LogP contribution in [0.4, 0.5) is 0 Å². The number of carbonyl (C=O) groups excluding carboxylic acids is 1. The minimum atomic E-state index is -0.185.